The van der Waals surface area contributed by atoms with Crippen LogP contribution >= 0.6 is 0 Å². The maximum Gasteiger partial charge on any atom is 0.340 e. The van der Waals surface area contributed by atoms with E-state index in [-0.39, 0.29) is 0 Å². The van der Waals surface area contributed by atoms with Crippen molar-refractivity contribution in [2.45, 2.75) is 6.61 Å². The second-order valence-electron chi connectivity index (χ2n) is 7.07. The molecule has 5 heteroatoms. The lowest BCUT2D eigenvalue weighted by Gasteiger charge is -2.05. The van der Waals surface area contributed by atoms with Gasteiger partial charge in [-0.05, 0) is 64.0 Å². The first-order valence-corrected chi connectivity index (χ1v) is 10.1. The van der Waals surface area contributed by atoms with Crippen LogP contribution < -0.4 is 9.53 Å². The van der Waals surface area contributed by atoms with E-state index >= 15 is 0 Å². The molecule has 0 N–H and O–H groups in total. The van der Waals surface area contributed by atoms with Gasteiger partial charge < -0.3 is 4.74 Å². The van der Waals surface area contributed by atoms with Crippen molar-refractivity contribution in [3.05, 3.63) is 121 Å². The Morgan fingerprint density at radius 2 is 1.29 bits per heavy atom. The van der Waals surface area contributed by atoms with Crippen LogP contribution in [0.4, 0.5) is 0 Å². The number of tetrazole rings is 1. The molecule has 0 unspecified atom stereocenters. The van der Waals surface area contributed by atoms with E-state index in [9.17, 15) is 0 Å². The summed E-state index contributed by atoms with van der Waals surface area (Å²) in [7, 11) is 0. The van der Waals surface area contributed by atoms with E-state index < -0.39 is 0 Å². The molecule has 0 atom stereocenters. The van der Waals surface area contributed by atoms with Crippen molar-refractivity contribution < 1.29 is 9.53 Å². The van der Waals surface area contributed by atoms with E-state index in [0.717, 1.165) is 28.3 Å². The first kappa shape index (κ1) is 18.8. The molecule has 4 aromatic carbocycles. The number of para-hydroxylation sites is 2. The summed E-state index contributed by atoms with van der Waals surface area (Å²) < 4.78 is 5.90. The monoisotopic (exact) mass is 405 g/mol. The average Bonchev–Trinajstić information content (AvgIpc) is 3.30. The molecule has 0 aliphatic rings. The van der Waals surface area contributed by atoms with Crippen LogP contribution in [0.15, 0.2) is 115 Å². The normalized spacial score (nSPS) is 10.7. The number of ether oxygens (including phenoxy) is 1. The van der Waals surface area contributed by atoms with Gasteiger partial charge in [-0.25, -0.2) is 0 Å². The third-order valence-corrected chi connectivity index (χ3v) is 4.89. The molecule has 31 heavy (non-hydrogen) atoms. The molecule has 1 aromatic heterocycles. The van der Waals surface area contributed by atoms with E-state index in [4.69, 9.17) is 14.9 Å². The zero-order valence-electron chi connectivity index (χ0n) is 16.9. The lowest BCUT2D eigenvalue weighted by Crippen LogP contribution is -2.43. The van der Waals surface area contributed by atoms with Crippen molar-refractivity contribution in [1.82, 2.24) is 15.0 Å². The molecule has 0 aliphatic carbocycles. The van der Waals surface area contributed by atoms with Crippen LogP contribution in [0.1, 0.15) is 5.56 Å². The van der Waals surface area contributed by atoms with Crippen molar-refractivity contribution in [3.8, 4) is 28.5 Å². The lowest BCUT2D eigenvalue weighted by molar-refractivity contribution is -0.734. The predicted octanol–water partition coefficient (Wildman–Crippen LogP) is 4.79. The van der Waals surface area contributed by atoms with Crippen LogP contribution in [0.2, 0.25) is 0 Å². The van der Waals surface area contributed by atoms with Crippen LogP contribution in [0.25, 0.3) is 22.8 Å². The van der Waals surface area contributed by atoms with Gasteiger partial charge in [0.15, 0.2) is 5.69 Å². The number of hydrogen-bond acceptors (Lipinski definition) is 3. The fourth-order valence-electron chi connectivity index (χ4n) is 3.30. The third kappa shape index (κ3) is 4.21. The molecule has 0 radical (unpaired) electrons. The molecule has 0 aliphatic heterocycles. The van der Waals surface area contributed by atoms with Gasteiger partial charge in [0.1, 0.15) is 18.0 Å². The summed E-state index contributed by atoms with van der Waals surface area (Å²) in [5.74, 6) is 1.45. The quantitative estimate of drug-likeness (QED) is 0.382. The molecule has 0 saturated carbocycles. The highest BCUT2D eigenvalue weighted by atomic mass is 16.5. The van der Waals surface area contributed by atoms with E-state index in [1.54, 1.807) is 0 Å². The Balaban J connectivity index is 1.44. The maximum absolute atomic E-state index is 5.90. The fourth-order valence-corrected chi connectivity index (χ4v) is 3.30. The minimum atomic E-state index is 0.537. The van der Waals surface area contributed by atoms with Crippen molar-refractivity contribution in [2.24, 2.45) is 0 Å². The highest BCUT2D eigenvalue weighted by Gasteiger charge is 2.23. The molecule has 0 saturated heterocycles. The minimum Gasteiger partial charge on any atom is -0.489 e. The van der Waals surface area contributed by atoms with Crippen LogP contribution in [0.5, 0.6) is 5.75 Å². The van der Waals surface area contributed by atoms with Gasteiger partial charge in [0.05, 0.1) is 10.7 Å². The van der Waals surface area contributed by atoms with Gasteiger partial charge in [0, 0.05) is 4.80 Å². The predicted molar refractivity (Wildman–Crippen MR) is 119 cm³/mol. The van der Waals surface area contributed by atoms with Gasteiger partial charge >= 0.3 is 5.82 Å². The van der Waals surface area contributed by atoms with Crippen molar-refractivity contribution in [3.63, 3.8) is 0 Å². The SMILES string of the molecule is c1ccc(COc2ccc(-c3nn(-c4ccccc4)[n+](-c4ccccc4)n3)cc2)cc1. The van der Waals surface area contributed by atoms with Gasteiger partial charge in [-0.2, -0.15) is 0 Å². The third-order valence-electron chi connectivity index (χ3n) is 4.89. The molecule has 0 fully saturated rings. The summed E-state index contributed by atoms with van der Waals surface area (Å²) in [6.07, 6.45) is 0. The second-order valence-corrected chi connectivity index (χ2v) is 7.07. The highest BCUT2D eigenvalue weighted by Crippen LogP contribution is 2.20. The first-order valence-electron chi connectivity index (χ1n) is 10.1. The molecule has 1 heterocycles. The van der Waals surface area contributed by atoms with Crippen LogP contribution in [-0.2, 0) is 6.61 Å². The molecular weight excluding hydrogens is 384 g/mol. The van der Waals surface area contributed by atoms with Gasteiger partial charge in [-0.1, -0.05) is 66.7 Å². The highest BCUT2D eigenvalue weighted by molar-refractivity contribution is 5.55. The van der Waals surface area contributed by atoms with Gasteiger partial charge in [-0.3, -0.25) is 0 Å². The summed E-state index contributed by atoms with van der Waals surface area (Å²) >= 11 is 0. The Morgan fingerprint density at radius 3 is 1.97 bits per heavy atom. The Bertz CT molecular complexity index is 1190. The zero-order valence-corrected chi connectivity index (χ0v) is 16.9. The fraction of sp³-hybridized carbons (Fsp3) is 0.0385. The van der Waals surface area contributed by atoms with Crippen molar-refractivity contribution in [1.29, 1.82) is 0 Å². The minimum absolute atomic E-state index is 0.537. The molecular formula is C26H21N4O+. The van der Waals surface area contributed by atoms with E-state index in [0.29, 0.717) is 12.4 Å². The number of benzene rings is 4. The topological polar surface area (TPSA) is 43.8 Å². The smallest absolute Gasteiger partial charge is 0.340 e. The summed E-state index contributed by atoms with van der Waals surface area (Å²) in [5.41, 5.74) is 3.94. The van der Waals surface area contributed by atoms with Gasteiger partial charge in [0.2, 0.25) is 0 Å². The Morgan fingerprint density at radius 1 is 0.677 bits per heavy atom. The molecule has 0 bridgehead atoms. The molecule has 5 nitrogen and oxygen atoms in total. The van der Waals surface area contributed by atoms with Gasteiger partial charge in [-0.15, -0.1) is 0 Å². The van der Waals surface area contributed by atoms with Crippen molar-refractivity contribution in [2.75, 3.05) is 0 Å². The largest absolute Gasteiger partial charge is 0.489 e. The Kier molecular flexibility index (Phi) is 5.22. The summed E-state index contributed by atoms with van der Waals surface area (Å²) in [4.78, 5) is 3.62. The molecule has 0 spiro atoms. The van der Waals surface area contributed by atoms with Crippen molar-refractivity contribution >= 4 is 0 Å². The number of hydrogen-bond donors (Lipinski definition) is 0. The molecule has 5 rings (SSSR count). The first-order chi connectivity index (χ1) is 15.4. The van der Waals surface area contributed by atoms with E-state index in [2.05, 4.69) is 12.1 Å². The Labute approximate surface area is 180 Å². The maximum atomic E-state index is 5.90. The van der Waals surface area contributed by atoms with E-state index in [1.165, 1.54) is 0 Å². The zero-order chi connectivity index (χ0) is 20.9. The molecule has 150 valence electrons. The lowest BCUT2D eigenvalue weighted by atomic mass is 10.2. The summed E-state index contributed by atoms with van der Waals surface area (Å²) in [6, 6.07) is 38.0. The number of rotatable bonds is 6. The standard InChI is InChI=1S/C26H21N4O/c1-4-10-21(11-5-1)20-31-25-18-16-22(17-19-25)26-27-29(23-12-6-2-7-13-23)30(28-26)24-14-8-3-9-15-24/h1-19H,20H2/q+1. The number of nitrogens with zero attached hydrogens (tertiary/aromatic N) is 4. The van der Waals surface area contributed by atoms with Crippen LogP contribution in [0.3, 0.4) is 0 Å². The second kappa shape index (κ2) is 8.63. The molecule has 5 aromatic rings. The average molecular weight is 405 g/mol. The van der Waals surface area contributed by atoms with Gasteiger partial charge in [0.25, 0.3) is 0 Å². The van der Waals surface area contributed by atoms with Crippen LogP contribution in [0, 0.1) is 0 Å². The summed E-state index contributed by atoms with van der Waals surface area (Å²) in [6.45, 7) is 0.537. The number of aromatic nitrogens is 4. The van der Waals surface area contributed by atoms with Crippen LogP contribution in [-0.4, -0.2) is 15.0 Å². The molecule has 0 amide bonds. The van der Waals surface area contributed by atoms with E-state index in [1.807, 2.05) is 113 Å². The Hall–Kier alpha value is -4.25. The summed E-state index contributed by atoms with van der Waals surface area (Å²) in [5, 5.41) is 9.56.